The van der Waals surface area contributed by atoms with Gasteiger partial charge in [-0.1, -0.05) is 31.0 Å². The van der Waals surface area contributed by atoms with E-state index in [1.807, 2.05) is 30.1 Å². The van der Waals surface area contributed by atoms with E-state index in [-0.39, 0.29) is 12.3 Å². The first-order chi connectivity index (χ1) is 12.2. The molecule has 1 aromatic carbocycles. The molecular weight excluding hydrogens is 314 g/mol. The maximum atomic E-state index is 12.9. The molecule has 5 nitrogen and oxygen atoms in total. The lowest BCUT2D eigenvalue weighted by Crippen LogP contribution is -2.53. The molecule has 134 valence electrons. The van der Waals surface area contributed by atoms with Gasteiger partial charge < -0.3 is 4.90 Å². The van der Waals surface area contributed by atoms with Crippen molar-refractivity contribution in [2.24, 2.45) is 4.99 Å². The minimum absolute atomic E-state index is 0.102. The van der Waals surface area contributed by atoms with Crippen molar-refractivity contribution in [1.82, 2.24) is 9.80 Å². The van der Waals surface area contributed by atoms with E-state index in [1.165, 1.54) is 45.2 Å². The maximum absolute atomic E-state index is 12.9. The first-order valence-corrected chi connectivity index (χ1v) is 9.36. The smallest absolute Gasteiger partial charge is 0.240 e. The molecule has 3 rings (SSSR count). The Bertz CT molecular complexity index is 648. The van der Waals surface area contributed by atoms with Gasteiger partial charge in [0.2, 0.25) is 12.0 Å². The molecule has 0 bridgehead atoms. The van der Waals surface area contributed by atoms with Gasteiger partial charge in [-0.25, -0.2) is 4.79 Å². The minimum Gasteiger partial charge on any atom is -0.341 e. The largest absolute Gasteiger partial charge is 0.341 e. The highest BCUT2D eigenvalue weighted by Crippen LogP contribution is 2.29. The van der Waals surface area contributed by atoms with Crippen LogP contribution < -0.4 is 0 Å². The van der Waals surface area contributed by atoms with Crippen LogP contribution in [0.1, 0.15) is 44.1 Å². The number of likely N-dealkylation sites (tertiary alicyclic amines) is 1. The third-order valence-electron chi connectivity index (χ3n) is 5.69. The number of amides is 1. The Hall–Kier alpha value is -1.97. The average Bonchev–Trinajstić information content (AvgIpc) is 3.17. The number of benzene rings is 1. The highest BCUT2D eigenvalue weighted by Gasteiger charge is 2.35. The number of hydrogen-bond acceptors (Lipinski definition) is 4. The van der Waals surface area contributed by atoms with Gasteiger partial charge in [0.25, 0.3) is 0 Å². The van der Waals surface area contributed by atoms with Crippen LogP contribution in [0, 0.1) is 0 Å². The van der Waals surface area contributed by atoms with Crippen LogP contribution in [0.15, 0.2) is 29.3 Å². The van der Waals surface area contributed by atoms with E-state index in [2.05, 4.69) is 9.89 Å². The summed E-state index contributed by atoms with van der Waals surface area (Å²) in [6.07, 6.45) is 9.13. The van der Waals surface area contributed by atoms with Crippen molar-refractivity contribution >= 4 is 17.7 Å². The van der Waals surface area contributed by atoms with Crippen LogP contribution in [-0.2, 0) is 16.0 Å². The molecule has 0 unspecified atom stereocenters. The van der Waals surface area contributed by atoms with Crippen molar-refractivity contribution in [2.45, 2.75) is 57.0 Å². The number of rotatable bonds is 5. The van der Waals surface area contributed by atoms with Gasteiger partial charge in [0.1, 0.15) is 0 Å². The lowest BCUT2D eigenvalue weighted by atomic mass is 9.88. The summed E-state index contributed by atoms with van der Waals surface area (Å²) in [7, 11) is 1.94. The predicted molar refractivity (Wildman–Crippen MR) is 97.5 cm³/mol. The van der Waals surface area contributed by atoms with Gasteiger partial charge in [-0.05, 0) is 50.4 Å². The van der Waals surface area contributed by atoms with Crippen LogP contribution in [0.3, 0.4) is 0 Å². The molecule has 0 radical (unpaired) electrons. The van der Waals surface area contributed by atoms with Gasteiger partial charge >= 0.3 is 0 Å². The van der Waals surface area contributed by atoms with E-state index in [1.54, 1.807) is 12.1 Å². The quantitative estimate of drug-likeness (QED) is 0.611. The van der Waals surface area contributed by atoms with E-state index < -0.39 is 0 Å². The third kappa shape index (κ3) is 4.17. The van der Waals surface area contributed by atoms with Crippen molar-refractivity contribution in [2.75, 3.05) is 20.1 Å². The third-order valence-corrected chi connectivity index (χ3v) is 5.69. The van der Waals surface area contributed by atoms with Crippen molar-refractivity contribution in [3.63, 3.8) is 0 Å². The molecule has 0 aromatic heterocycles. The lowest BCUT2D eigenvalue weighted by Gasteiger charge is -2.42. The number of isocyanates is 1. The van der Waals surface area contributed by atoms with Gasteiger partial charge in [0, 0.05) is 19.1 Å². The Morgan fingerprint density at radius 2 is 1.92 bits per heavy atom. The summed E-state index contributed by atoms with van der Waals surface area (Å²) in [6.45, 7) is 2.33. The van der Waals surface area contributed by atoms with Crippen LogP contribution in [0.4, 0.5) is 5.69 Å². The van der Waals surface area contributed by atoms with E-state index >= 15 is 0 Å². The molecule has 1 saturated heterocycles. The van der Waals surface area contributed by atoms with E-state index in [9.17, 15) is 9.59 Å². The molecule has 1 aliphatic heterocycles. The number of carbonyl (C=O) groups is 1. The summed E-state index contributed by atoms with van der Waals surface area (Å²) in [5, 5.41) is 0. The SMILES string of the molecule is CN(C(=O)Cc1ccccc1N=C=O)[C@H]1CCCC[C@@H]1N1CCCC1. The van der Waals surface area contributed by atoms with Crippen LogP contribution in [0.2, 0.25) is 0 Å². The summed E-state index contributed by atoms with van der Waals surface area (Å²) in [5.74, 6) is 0.102. The van der Waals surface area contributed by atoms with Crippen LogP contribution in [0.5, 0.6) is 0 Å². The van der Waals surface area contributed by atoms with Crippen molar-refractivity contribution in [1.29, 1.82) is 0 Å². The molecule has 2 aliphatic rings. The number of nitrogens with zero attached hydrogens (tertiary/aromatic N) is 3. The highest BCUT2D eigenvalue weighted by atomic mass is 16.2. The molecule has 1 aliphatic carbocycles. The predicted octanol–water partition coefficient (Wildman–Crippen LogP) is 3.06. The Morgan fingerprint density at radius 1 is 1.20 bits per heavy atom. The fourth-order valence-electron chi connectivity index (χ4n) is 4.33. The average molecular weight is 341 g/mol. The number of carbonyl (C=O) groups excluding carboxylic acids is 2. The Kier molecular flexibility index (Phi) is 6.00. The Labute approximate surface area is 149 Å². The molecule has 1 saturated carbocycles. The standard InChI is InChI=1S/C20H27N3O2/c1-22(18-10-4-5-11-19(18)23-12-6-7-13-23)20(25)14-16-8-2-3-9-17(16)21-15-24/h2-3,8-9,18-19H,4-7,10-14H2,1H3/t18-,19-/m0/s1. The van der Waals surface area contributed by atoms with Gasteiger partial charge in [-0.3, -0.25) is 9.69 Å². The molecule has 0 N–H and O–H groups in total. The number of aliphatic imine (C=N–C) groups is 1. The van der Waals surface area contributed by atoms with E-state index in [0.717, 1.165) is 12.0 Å². The second-order valence-electron chi connectivity index (χ2n) is 7.18. The first kappa shape index (κ1) is 17.8. The topological polar surface area (TPSA) is 53.0 Å². The molecular formula is C20H27N3O2. The molecule has 1 aromatic rings. The second kappa shape index (κ2) is 8.41. The van der Waals surface area contributed by atoms with Crippen LogP contribution >= 0.6 is 0 Å². The maximum Gasteiger partial charge on any atom is 0.240 e. The number of para-hydroxylation sites is 1. The summed E-state index contributed by atoms with van der Waals surface area (Å²) >= 11 is 0. The number of hydrogen-bond donors (Lipinski definition) is 0. The summed E-state index contributed by atoms with van der Waals surface area (Å²) < 4.78 is 0. The normalized spacial score (nSPS) is 23.9. The second-order valence-corrected chi connectivity index (χ2v) is 7.18. The zero-order chi connectivity index (χ0) is 17.6. The van der Waals surface area contributed by atoms with Crippen molar-refractivity contribution in [3.8, 4) is 0 Å². The summed E-state index contributed by atoms with van der Waals surface area (Å²) in [5.41, 5.74) is 1.33. The molecule has 25 heavy (non-hydrogen) atoms. The zero-order valence-corrected chi connectivity index (χ0v) is 15.0. The fraction of sp³-hybridized carbons (Fsp3) is 0.600. The highest BCUT2D eigenvalue weighted by molar-refractivity contribution is 5.80. The molecule has 1 amide bonds. The molecule has 5 heteroatoms. The van der Waals surface area contributed by atoms with Crippen LogP contribution in [0.25, 0.3) is 0 Å². The van der Waals surface area contributed by atoms with Crippen LogP contribution in [-0.4, -0.2) is 54.0 Å². The molecule has 0 spiro atoms. The summed E-state index contributed by atoms with van der Waals surface area (Å²) in [4.78, 5) is 31.7. The minimum atomic E-state index is 0.102. The van der Waals surface area contributed by atoms with Crippen molar-refractivity contribution in [3.05, 3.63) is 29.8 Å². The Morgan fingerprint density at radius 3 is 2.68 bits per heavy atom. The first-order valence-electron chi connectivity index (χ1n) is 9.36. The van der Waals surface area contributed by atoms with Crippen molar-refractivity contribution < 1.29 is 9.59 Å². The zero-order valence-electron chi connectivity index (χ0n) is 15.0. The van der Waals surface area contributed by atoms with Gasteiger partial charge in [-0.15, -0.1) is 0 Å². The molecule has 2 fully saturated rings. The fourth-order valence-corrected chi connectivity index (χ4v) is 4.33. The lowest BCUT2D eigenvalue weighted by molar-refractivity contribution is -0.133. The van der Waals surface area contributed by atoms with E-state index in [4.69, 9.17) is 0 Å². The molecule has 1 heterocycles. The van der Waals surface area contributed by atoms with Gasteiger partial charge in [0.15, 0.2) is 0 Å². The monoisotopic (exact) mass is 341 g/mol. The van der Waals surface area contributed by atoms with Gasteiger partial charge in [-0.2, -0.15) is 4.99 Å². The van der Waals surface area contributed by atoms with Gasteiger partial charge in [0.05, 0.1) is 12.1 Å². The van der Waals surface area contributed by atoms with E-state index in [0.29, 0.717) is 17.8 Å². The Balaban J connectivity index is 1.71. The summed E-state index contributed by atoms with van der Waals surface area (Å²) in [6, 6.07) is 8.09. The molecule has 2 atom stereocenters. The number of likely N-dealkylation sites (N-methyl/N-ethyl adjacent to an activating group) is 1.